The van der Waals surface area contributed by atoms with Gasteiger partial charge in [-0.1, -0.05) is 23.7 Å². The normalized spacial score (nSPS) is 19.1. The Balaban J connectivity index is 1.63. The van der Waals surface area contributed by atoms with E-state index in [0.717, 1.165) is 10.9 Å². The van der Waals surface area contributed by atoms with Crippen LogP contribution in [0, 0.1) is 6.92 Å². The number of anilines is 1. The van der Waals surface area contributed by atoms with E-state index in [0.29, 0.717) is 21.9 Å². The highest BCUT2D eigenvalue weighted by Crippen LogP contribution is 2.34. The van der Waals surface area contributed by atoms with E-state index in [2.05, 4.69) is 10.3 Å². The van der Waals surface area contributed by atoms with Crippen LogP contribution in [0.2, 0.25) is 5.02 Å². The first-order chi connectivity index (χ1) is 14.2. The number of halogens is 1. The number of furan rings is 1. The Labute approximate surface area is 178 Å². The van der Waals surface area contributed by atoms with Crippen molar-refractivity contribution in [2.24, 2.45) is 10.7 Å². The van der Waals surface area contributed by atoms with Gasteiger partial charge in [0.25, 0.3) is 5.91 Å². The molecule has 154 valence electrons. The highest BCUT2D eigenvalue weighted by Gasteiger charge is 2.36. The molecule has 7 nitrogen and oxygen atoms in total. The number of nitrogens with one attached hydrogen (secondary N) is 1. The molecule has 1 aromatic heterocycles. The van der Waals surface area contributed by atoms with Gasteiger partial charge in [-0.05, 0) is 49.7 Å². The molecule has 1 aliphatic heterocycles. The van der Waals surface area contributed by atoms with Crippen LogP contribution in [0.15, 0.2) is 51.9 Å². The third-order valence-electron chi connectivity index (χ3n) is 5.42. The second-order valence-corrected chi connectivity index (χ2v) is 8.04. The summed E-state index contributed by atoms with van der Waals surface area (Å²) in [5, 5.41) is 4.23. The van der Waals surface area contributed by atoms with Gasteiger partial charge in [-0.2, -0.15) is 0 Å². The molecule has 0 spiro atoms. The number of benzene rings is 2. The van der Waals surface area contributed by atoms with Crippen LogP contribution in [0.5, 0.6) is 0 Å². The van der Waals surface area contributed by atoms with Crippen molar-refractivity contribution in [2.45, 2.75) is 25.8 Å². The van der Waals surface area contributed by atoms with E-state index in [1.165, 1.54) is 4.90 Å². The van der Waals surface area contributed by atoms with Crippen LogP contribution >= 0.6 is 11.6 Å². The molecule has 0 fully saturated rings. The lowest BCUT2D eigenvalue weighted by Crippen LogP contribution is -2.47. The molecule has 1 atom stereocenters. The summed E-state index contributed by atoms with van der Waals surface area (Å²) in [7, 11) is 1.60. The van der Waals surface area contributed by atoms with E-state index in [1.807, 2.05) is 19.9 Å². The van der Waals surface area contributed by atoms with Crippen molar-refractivity contribution in [3.8, 4) is 0 Å². The first-order valence-corrected chi connectivity index (χ1v) is 9.78. The zero-order valence-electron chi connectivity index (χ0n) is 16.8. The Morgan fingerprint density at radius 2 is 2.07 bits per heavy atom. The van der Waals surface area contributed by atoms with Crippen LogP contribution in [0.3, 0.4) is 0 Å². The third-order valence-corrected chi connectivity index (χ3v) is 5.66. The van der Waals surface area contributed by atoms with E-state index < -0.39 is 5.54 Å². The number of carbonyl (C=O) groups is 2. The van der Waals surface area contributed by atoms with Crippen LogP contribution in [0.4, 0.5) is 5.69 Å². The van der Waals surface area contributed by atoms with Crippen LogP contribution < -0.4 is 11.1 Å². The molecule has 2 amide bonds. The molecule has 0 bridgehead atoms. The Kier molecular flexibility index (Phi) is 4.78. The van der Waals surface area contributed by atoms with Gasteiger partial charge in [0.05, 0.1) is 12.0 Å². The topological polar surface area (TPSA) is 101 Å². The molecule has 3 N–H and O–H groups in total. The summed E-state index contributed by atoms with van der Waals surface area (Å²) in [6.45, 7) is 3.66. The standard InChI is InChI=1S/C22H21ClN4O3/c1-12-16-10-14(23)7-8-17(16)30-19(12)20(29)25-15-6-4-5-13(9-15)22(2)11-18(28)27(3)21(24)26-22/h4-10H,11H2,1-3H3,(H2,24,26)(H,25,29). The van der Waals surface area contributed by atoms with Gasteiger partial charge in [-0.3, -0.25) is 14.5 Å². The van der Waals surface area contributed by atoms with Gasteiger partial charge < -0.3 is 15.5 Å². The van der Waals surface area contributed by atoms with Crippen molar-refractivity contribution >= 4 is 46.0 Å². The number of nitrogens with zero attached hydrogens (tertiary/aromatic N) is 2. The molecule has 0 saturated heterocycles. The summed E-state index contributed by atoms with van der Waals surface area (Å²) in [6, 6.07) is 12.4. The Morgan fingerprint density at radius 3 is 2.80 bits per heavy atom. The molecule has 1 unspecified atom stereocenters. The second kappa shape index (κ2) is 7.18. The van der Waals surface area contributed by atoms with Crippen LogP contribution in [-0.4, -0.2) is 29.7 Å². The number of fused-ring (bicyclic) bond motifs is 1. The predicted octanol–water partition coefficient (Wildman–Crippen LogP) is 4.04. The Morgan fingerprint density at radius 1 is 1.30 bits per heavy atom. The fourth-order valence-corrected chi connectivity index (χ4v) is 3.78. The van der Waals surface area contributed by atoms with Gasteiger partial charge in [0.2, 0.25) is 5.91 Å². The molecule has 3 aromatic rings. The molecule has 30 heavy (non-hydrogen) atoms. The van der Waals surface area contributed by atoms with Gasteiger partial charge in [-0.25, -0.2) is 4.99 Å². The zero-order chi connectivity index (χ0) is 21.6. The van der Waals surface area contributed by atoms with Crippen LogP contribution in [-0.2, 0) is 10.3 Å². The lowest BCUT2D eigenvalue weighted by Gasteiger charge is -2.33. The lowest BCUT2D eigenvalue weighted by molar-refractivity contribution is -0.128. The summed E-state index contributed by atoms with van der Waals surface area (Å²) in [4.78, 5) is 31.0. The summed E-state index contributed by atoms with van der Waals surface area (Å²) in [5.41, 5.74) is 7.75. The van der Waals surface area contributed by atoms with Crippen molar-refractivity contribution in [2.75, 3.05) is 12.4 Å². The smallest absolute Gasteiger partial charge is 0.291 e. The minimum Gasteiger partial charge on any atom is -0.451 e. The highest BCUT2D eigenvalue weighted by atomic mass is 35.5. The number of amides is 2. The molecule has 0 saturated carbocycles. The zero-order valence-corrected chi connectivity index (χ0v) is 17.6. The quantitative estimate of drug-likeness (QED) is 0.662. The minimum absolute atomic E-state index is 0.115. The Hall–Kier alpha value is -3.32. The third kappa shape index (κ3) is 3.41. The average Bonchev–Trinajstić information content (AvgIpc) is 3.02. The maximum Gasteiger partial charge on any atom is 0.291 e. The number of carbonyl (C=O) groups excluding carboxylic acids is 2. The number of rotatable bonds is 3. The number of aryl methyl sites for hydroxylation is 1. The molecule has 1 aliphatic rings. The summed E-state index contributed by atoms with van der Waals surface area (Å²) < 4.78 is 5.73. The molecular weight excluding hydrogens is 404 g/mol. The first-order valence-electron chi connectivity index (χ1n) is 9.40. The molecule has 8 heteroatoms. The van der Waals surface area contributed by atoms with Crippen LogP contribution in [0.1, 0.15) is 35.0 Å². The van der Waals surface area contributed by atoms with Gasteiger partial charge in [0.15, 0.2) is 11.7 Å². The van der Waals surface area contributed by atoms with E-state index in [4.69, 9.17) is 21.8 Å². The number of aliphatic imine (C=N–C) groups is 1. The molecule has 2 heterocycles. The number of hydrogen-bond acceptors (Lipinski definition) is 5. The fourth-order valence-electron chi connectivity index (χ4n) is 3.60. The summed E-state index contributed by atoms with van der Waals surface area (Å²) in [5.74, 6) is -0.0963. The summed E-state index contributed by atoms with van der Waals surface area (Å²) in [6.07, 6.45) is 0.186. The van der Waals surface area contributed by atoms with E-state index in [9.17, 15) is 9.59 Å². The maximum absolute atomic E-state index is 12.9. The molecule has 0 aliphatic carbocycles. The van der Waals surface area contributed by atoms with Crippen molar-refractivity contribution in [1.82, 2.24) is 4.90 Å². The van der Waals surface area contributed by atoms with E-state index >= 15 is 0 Å². The number of guanidine groups is 1. The lowest BCUT2D eigenvalue weighted by atomic mass is 9.87. The van der Waals surface area contributed by atoms with Crippen molar-refractivity contribution in [3.05, 3.63) is 64.4 Å². The number of hydrogen-bond donors (Lipinski definition) is 2. The largest absolute Gasteiger partial charge is 0.451 e. The Bertz CT molecular complexity index is 1220. The van der Waals surface area contributed by atoms with E-state index in [-0.39, 0.29) is 30.0 Å². The SMILES string of the molecule is Cc1c(C(=O)Nc2cccc(C3(C)CC(=O)N(C)C(N)=N3)c2)oc2ccc(Cl)cc12. The van der Waals surface area contributed by atoms with Gasteiger partial charge in [0.1, 0.15) is 5.58 Å². The van der Waals surface area contributed by atoms with Crippen LogP contribution in [0.25, 0.3) is 11.0 Å². The fraction of sp³-hybridized carbons (Fsp3) is 0.227. The van der Waals surface area contributed by atoms with Gasteiger partial charge >= 0.3 is 0 Å². The second-order valence-electron chi connectivity index (χ2n) is 7.60. The first kappa shape index (κ1) is 20.0. The monoisotopic (exact) mass is 424 g/mol. The average molecular weight is 425 g/mol. The molecule has 0 radical (unpaired) electrons. The molecule has 2 aromatic carbocycles. The van der Waals surface area contributed by atoms with Gasteiger partial charge in [-0.15, -0.1) is 0 Å². The van der Waals surface area contributed by atoms with Crippen molar-refractivity contribution in [1.29, 1.82) is 0 Å². The van der Waals surface area contributed by atoms with Crippen molar-refractivity contribution < 1.29 is 14.0 Å². The minimum atomic E-state index is -0.805. The molecular formula is C22H21ClN4O3. The van der Waals surface area contributed by atoms with E-state index in [1.54, 1.807) is 43.4 Å². The maximum atomic E-state index is 12.9. The molecule has 4 rings (SSSR count). The predicted molar refractivity (Wildman–Crippen MR) is 117 cm³/mol. The highest BCUT2D eigenvalue weighted by molar-refractivity contribution is 6.31. The van der Waals surface area contributed by atoms with Crippen molar-refractivity contribution in [3.63, 3.8) is 0 Å². The summed E-state index contributed by atoms with van der Waals surface area (Å²) >= 11 is 6.05. The number of nitrogens with two attached hydrogens (primary N) is 1. The van der Waals surface area contributed by atoms with Gasteiger partial charge in [0, 0.05) is 28.7 Å².